The van der Waals surface area contributed by atoms with Gasteiger partial charge in [0.1, 0.15) is 18.0 Å². The molecule has 0 spiro atoms. The lowest BCUT2D eigenvalue weighted by Gasteiger charge is -2.23. The van der Waals surface area contributed by atoms with Crippen molar-refractivity contribution in [2.24, 2.45) is 5.92 Å². The van der Waals surface area contributed by atoms with Crippen LogP contribution in [0.1, 0.15) is 19.4 Å². The van der Waals surface area contributed by atoms with Gasteiger partial charge in [-0.25, -0.2) is 9.97 Å². The molecular formula is C11H20N4O. The van der Waals surface area contributed by atoms with E-state index in [9.17, 15) is 0 Å². The molecule has 0 saturated carbocycles. The summed E-state index contributed by atoms with van der Waals surface area (Å²) in [5.74, 6) is 1.75. The highest BCUT2D eigenvalue weighted by molar-refractivity contribution is 5.54. The SMILES string of the molecule is COCC(Nc1ncnc(N)c1C)C(C)C. The second-order valence-electron chi connectivity index (χ2n) is 4.18. The van der Waals surface area contributed by atoms with Crippen LogP contribution in [0.2, 0.25) is 0 Å². The minimum absolute atomic E-state index is 0.220. The van der Waals surface area contributed by atoms with Gasteiger partial charge in [-0.3, -0.25) is 0 Å². The van der Waals surface area contributed by atoms with Crippen molar-refractivity contribution in [1.29, 1.82) is 0 Å². The van der Waals surface area contributed by atoms with Gasteiger partial charge in [0.25, 0.3) is 0 Å². The van der Waals surface area contributed by atoms with Crippen LogP contribution in [0.25, 0.3) is 0 Å². The van der Waals surface area contributed by atoms with E-state index >= 15 is 0 Å². The molecule has 0 aromatic carbocycles. The molecule has 1 heterocycles. The largest absolute Gasteiger partial charge is 0.383 e. The Morgan fingerprint density at radius 3 is 2.69 bits per heavy atom. The summed E-state index contributed by atoms with van der Waals surface area (Å²) in [5, 5.41) is 3.33. The molecule has 1 aromatic rings. The summed E-state index contributed by atoms with van der Waals surface area (Å²) >= 11 is 0. The number of aromatic nitrogens is 2. The lowest BCUT2D eigenvalue weighted by molar-refractivity contribution is 0.171. The Kier molecular flexibility index (Phi) is 4.49. The summed E-state index contributed by atoms with van der Waals surface area (Å²) in [6, 6.07) is 0.220. The number of hydrogen-bond donors (Lipinski definition) is 2. The van der Waals surface area contributed by atoms with Gasteiger partial charge >= 0.3 is 0 Å². The van der Waals surface area contributed by atoms with Gasteiger partial charge in [-0.15, -0.1) is 0 Å². The van der Waals surface area contributed by atoms with Gasteiger partial charge in [-0.1, -0.05) is 13.8 Å². The van der Waals surface area contributed by atoms with Crippen LogP contribution in [-0.2, 0) is 4.74 Å². The third-order valence-electron chi connectivity index (χ3n) is 2.60. The molecule has 1 aromatic heterocycles. The van der Waals surface area contributed by atoms with Crippen molar-refractivity contribution in [2.75, 3.05) is 24.8 Å². The third kappa shape index (κ3) is 3.06. The number of nitrogens with zero attached hydrogens (tertiary/aromatic N) is 2. The van der Waals surface area contributed by atoms with Crippen LogP contribution in [0.5, 0.6) is 0 Å². The molecule has 1 unspecified atom stereocenters. The van der Waals surface area contributed by atoms with E-state index in [0.717, 1.165) is 11.4 Å². The Labute approximate surface area is 96.4 Å². The van der Waals surface area contributed by atoms with E-state index in [2.05, 4.69) is 29.1 Å². The van der Waals surface area contributed by atoms with E-state index in [1.54, 1.807) is 7.11 Å². The summed E-state index contributed by atoms with van der Waals surface area (Å²) in [6.07, 6.45) is 1.47. The molecule has 0 aliphatic heterocycles. The number of nitrogens with two attached hydrogens (primary N) is 1. The summed E-state index contributed by atoms with van der Waals surface area (Å²) < 4.78 is 5.17. The average molecular weight is 224 g/mol. The van der Waals surface area contributed by atoms with Crippen molar-refractivity contribution in [2.45, 2.75) is 26.8 Å². The zero-order chi connectivity index (χ0) is 12.1. The summed E-state index contributed by atoms with van der Waals surface area (Å²) in [5.41, 5.74) is 6.60. The number of hydrogen-bond acceptors (Lipinski definition) is 5. The van der Waals surface area contributed by atoms with Crippen molar-refractivity contribution in [3.8, 4) is 0 Å². The maximum Gasteiger partial charge on any atom is 0.134 e. The number of ether oxygens (including phenoxy) is 1. The summed E-state index contributed by atoms with van der Waals surface area (Å²) in [7, 11) is 1.69. The standard InChI is InChI=1S/C11H20N4O/c1-7(2)9(5-16-4)15-11-8(3)10(12)13-6-14-11/h6-7,9H,5H2,1-4H3,(H3,12,13,14,15). The third-order valence-corrected chi connectivity index (χ3v) is 2.60. The first-order valence-electron chi connectivity index (χ1n) is 5.38. The van der Waals surface area contributed by atoms with Gasteiger partial charge in [0.15, 0.2) is 0 Å². The first-order chi connectivity index (χ1) is 7.56. The van der Waals surface area contributed by atoms with E-state index in [1.165, 1.54) is 6.33 Å². The Balaban J connectivity index is 2.81. The normalized spacial score (nSPS) is 12.8. The van der Waals surface area contributed by atoms with E-state index in [4.69, 9.17) is 10.5 Å². The van der Waals surface area contributed by atoms with Gasteiger partial charge in [-0.05, 0) is 12.8 Å². The minimum atomic E-state index is 0.220. The van der Waals surface area contributed by atoms with Crippen LogP contribution in [0.15, 0.2) is 6.33 Å². The fraction of sp³-hybridized carbons (Fsp3) is 0.636. The predicted molar refractivity (Wildman–Crippen MR) is 65.3 cm³/mol. The Morgan fingerprint density at radius 2 is 2.12 bits per heavy atom. The van der Waals surface area contributed by atoms with Gasteiger partial charge in [-0.2, -0.15) is 0 Å². The second kappa shape index (κ2) is 5.65. The Hall–Kier alpha value is -1.36. The smallest absolute Gasteiger partial charge is 0.134 e. The number of anilines is 2. The van der Waals surface area contributed by atoms with Gasteiger partial charge < -0.3 is 15.8 Å². The quantitative estimate of drug-likeness (QED) is 0.792. The minimum Gasteiger partial charge on any atom is -0.383 e. The van der Waals surface area contributed by atoms with Crippen LogP contribution in [0, 0.1) is 12.8 Å². The van der Waals surface area contributed by atoms with E-state index in [1.807, 2.05) is 6.92 Å². The van der Waals surface area contributed by atoms with Gasteiger partial charge in [0.05, 0.1) is 12.6 Å². The number of nitrogens with one attached hydrogen (secondary N) is 1. The monoisotopic (exact) mass is 224 g/mol. The number of nitrogen functional groups attached to an aromatic ring is 1. The average Bonchev–Trinajstić information content (AvgIpc) is 2.23. The molecule has 0 radical (unpaired) electrons. The van der Waals surface area contributed by atoms with Crippen molar-refractivity contribution in [1.82, 2.24) is 9.97 Å². The first kappa shape index (κ1) is 12.7. The molecule has 0 aliphatic rings. The molecule has 1 rings (SSSR count). The van der Waals surface area contributed by atoms with E-state index in [0.29, 0.717) is 18.3 Å². The lowest BCUT2D eigenvalue weighted by Crippen LogP contribution is -2.31. The molecule has 1 atom stereocenters. The summed E-state index contributed by atoms with van der Waals surface area (Å²) in [4.78, 5) is 8.12. The van der Waals surface area contributed by atoms with Crippen molar-refractivity contribution < 1.29 is 4.74 Å². The fourth-order valence-corrected chi connectivity index (χ4v) is 1.37. The number of methoxy groups -OCH3 is 1. The van der Waals surface area contributed by atoms with Crippen LogP contribution in [-0.4, -0.2) is 29.7 Å². The molecule has 0 aliphatic carbocycles. The van der Waals surface area contributed by atoms with Crippen molar-refractivity contribution in [3.05, 3.63) is 11.9 Å². The van der Waals surface area contributed by atoms with E-state index in [-0.39, 0.29) is 6.04 Å². The highest BCUT2D eigenvalue weighted by atomic mass is 16.5. The van der Waals surface area contributed by atoms with Crippen LogP contribution in [0.3, 0.4) is 0 Å². The molecule has 0 bridgehead atoms. The highest BCUT2D eigenvalue weighted by Crippen LogP contribution is 2.18. The molecule has 5 heteroatoms. The molecule has 16 heavy (non-hydrogen) atoms. The van der Waals surface area contributed by atoms with E-state index < -0.39 is 0 Å². The molecule has 3 N–H and O–H groups in total. The van der Waals surface area contributed by atoms with Crippen molar-refractivity contribution >= 4 is 11.6 Å². The highest BCUT2D eigenvalue weighted by Gasteiger charge is 2.15. The summed E-state index contributed by atoms with van der Waals surface area (Å²) in [6.45, 7) is 6.82. The molecule has 0 fully saturated rings. The van der Waals surface area contributed by atoms with Crippen LogP contribution >= 0.6 is 0 Å². The first-order valence-corrected chi connectivity index (χ1v) is 5.38. The molecule has 90 valence electrons. The van der Waals surface area contributed by atoms with Crippen molar-refractivity contribution in [3.63, 3.8) is 0 Å². The Bertz CT molecular complexity index is 341. The molecular weight excluding hydrogens is 204 g/mol. The zero-order valence-corrected chi connectivity index (χ0v) is 10.3. The predicted octanol–water partition coefficient (Wildman–Crippen LogP) is 1.45. The van der Waals surface area contributed by atoms with Gasteiger partial charge in [0, 0.05) is 12.7 Å². The fourth-order valence-electron chi connectivity index (χ4n) is 1.37. The maximum atomic E-state index is 5.72. The molecule has 0 saturated heterocycles. The van der Waals surface area contributed by atoms with Crippen LogP contribution < -0.4 is 11.1 Å². The lowest BCUT2D eigenvalue weighted by atomic mass is 10.1. The topological polar surface area (TPSA) is 73.1 Å². The second-order valence-corrected chi connectivity index (χ2v) is 4.18. The number of rotatable bonds is 5. The zero-order valence-electron chi connectivity index (χ0n) is 10.3. The maximum absolute atomic E-state index is 5.72. The Morgan fingerprint density at radius 1 is 1.44 bits per heavy atom. The van der Waals surface area contributed by atoms with Crippen LogP contribution in [0.4, 0.5) is 11.6 Å². The van der Waals surface area contributed by atoms with Gasteiger partial charge in [0.2, 0.25) is 0 Å². The molecule has 0 amide bonds. The molecule has 5 nitrogen and oxygen atoms in total.